The predicted octanol–water partition coefficient (Wildman–Crippen LogP) is -3.61. The van der Waals surface area contributed by atoms with Crippen LogP contribution in [0.1, 0.15) is 6.92 Å². The number of carboxylic acids is 1. The molecular weight excluding hydrogens is 290 g/mol. The van der Waals surface area contributed by atoms with E-state index < -0.39 is 61.8 Å². The molecule has 6 N–H and O–H groups in total. The average molecular weight is 309 g/mol. The van der Waals surface area contributed by atoms with Crippen LogP contribution in [-0.2, 0) is 19.1 Å². The van der Waals surface area contributed by atoms with Gasteiger partial charge in [-0.15, -0.1) is 0 Å². The average Bonchev–Trinajstić information content (AvgIpc) is 2.45. The number of hydrogen-bond donors (Lipinski definition) is 6. The highest BCUT2D eigenvalue weighted by molar-refractivity contribution is 5.77. The number of nitrogens with one attached hydrogen (secondary N) is 1. The molecule has 0 saturated carbocycles. The molecule has 0 bridgehead atoms. The van der Waals surface area contributed by atoms with Crippen LogP contribution in [0.2, 0.25) is 0 Å². The lowest BCUT2D eigenvalue weighted by Crippen LogP contribution is -2.65. The first-order valence-corrected chi connectivity index (χ1v) is 6.22. The van der Waals surface area contributed by atoms with E-state index in [-0.39, 0.29) is 0 Å². The molecule has 6 atom stereocenters. The van der Waals surface area contributed by atoms with Gasteiger partial charge in [0.15, 0.2) is 12.4 Å². The lowest BCUT2D eigenvalue weighted by molar-refractivity contribution is -0.267. The van der Waals surface area contributed by atoms with E-state index in [0.29, 0.717) is 0 Å². The Morgan fingerprint density at radius 2 is 1.95 bits per heavy atom. The molecule has 1 amide bonds. The van der Waals surface area contributed by atoms with Crippen molar-refractivity contribution in [3.8, 4) is 0 Å². The fourth-order valence-corrected chi connectivity index (χ4v) is 1.93. The Labute approximate surface area is 119 Å². The maximum absolute atomic E-state index is 11.2. The molecular formula is C11H19NO9. The predicted molar refractivity (Wildman–Crippen MR) is 65.0 cm³/mol. The number of rotatable bonds is 6. The summed E-state index contributed by atoms with van der Waals surface area (Å²) in [6.45, 7) is -0.306. The Morgan fingerprint density at radius 3 is 2.43 bits per heavy atom. The minimum absolute atomic E-state index is 0.639. The number of amides is 1. The monoisotopic (exact) mass is 309 g/mol. The molecule has 122 valence electrons. The number of aliphatic carboxylic acids is 1. The molecule has 21 heavy (non-hydrogen) atoms. The van der Waals surface area contributed by atoms with Gasteiger partial charge in [-0.2, -0.15) is 0 Å². The third-order valence-corrected chi connectivity index (χ3v) is 3.05. The van der Waals surface area contributed by atoms with Crippen LogP contribution in [0.25, 0.3) is 0 Å². The highest BCUT2D eigenvalue weighted by Gasteiger charge is 2.47. The Kier molecular flexibility index (Phi) is 6.45. The van der Waals surface area contributed by atoms with Gasteiger partial charge in [-0.05, 0) is 6.92 Å². The molecule has 1 saturated heterocycles. The molecule has 0 aliphatic carbocycles. The smallest absolute Gasteiger partial charge is 0.332 e. The summed E-state index contributed by atoms with van der Waals surface area (Å²) in [4.78, 5) is 22.0. The van der Waals surface area contributed by atoms with Gasteiger partial charge in [-0.3, -0.25) is 4.79 Å². The van der Waals surface area contributed by atoms with Crippen LogP contribution in [0.5, 0.6) is 0 Å². The minimum atomic E-state index is -1.65. The summed E-state index contributed by atoms with van der Waals surface area (Å²) in [6, 6.07) is -1.30. The fraction of sp³-hybridized carbons (Fsp3) is 0.818. The number of aliphatic hydroxyl groups is 4. The van der Waals surface area contributed by atoms with Gasteiger partial charge in [-0.1, -0.05) is 0 Å². The summed E-state index contributed by atoms with van der Waals surface area (Å²) in [6.07, 6.45) is -7.00. The summed E-state index contributed by atoms with van der Waals surface area (Å²) in [7, 11) is 0. The van der Waals surface area contributed by atoms with Gasteiger partial charge < -0.3 is 40.3 Å². The second-order valence-electron chi connectivity index (χ2n) is 4.57. The van der Waals surface area contributed by atoms with Gasteiger partial charge in [0.25, 0.3) is 0 Å². The van der Waals surface area contributed by atoms with E-state index in [1.165, 1.54) is 6.92 Å². The van der Waals surface area contributed by atoms with Gasteiger partial charge in [0.2, 0.25) is 5.91 Å². The summed E-state index contributed by atoms with van der Waals surface area (Å²) < 4.78 is 10.0. The molecule has 0 aromatic heterocycles. The highest BCUT2D eigenvalue weighted by Crippen LogP contribution is 2.23. The first kappa shape index (κ1) is 17.8. The second-order valence-corrected chi connectivity index (χ2v) is 4.57. The lowest BCUT2D eigenvalue weighted by Gasteiger charge is -2.42. The van der Waals surface area contributed by atoms with Gasteiger partial charge in [0.1, 0.15) is 31.0 Å². The van der Waals surface area contributed by atoms with E-state index >= 15 is 0 Å². The van der Waals surface area contributed by atoms with Gasteiger partial charge >= 0.3 is 5.97 Å². The van der Waals surface area contributed by atoms with E-state index in [1.807, 2.05) is 0 Å². The highest BCUT2D eigenvalue weighted by atomic mass is 16.6. The van der Waals surface area contributed by atoms with Crippen molar-refractivity contribution in [1.29, 1.82) is 0 Å². The second kappa shape index (κ2) is 7.64. The van der Waals surface area contributed by atoms with Gasteiger partial charge in [-0.25, -0.2) is 4.79 Å². The normalized spacial score (nSPS) is 34.2. The number of aliphatic hydroxyl groups excluding tert-OH is 4. The van der Waals surface area contributed by atoms with Crippen LogP contribution >= 0.6 is 0 Å². The summed E-state index contributed by atoms with van der Waals surface area (Å²) in [5.41, 5.74) is 0. The standard InChI is InChI=1S/C11H19NO9/c1-4(10(17)18)20-9-7(12-6(15)3-14)11(19)21-5(2-13)8(9)16/h4-5,7-9,11,13-14,16,19H,2-3H2,1H3,(H,12,15)(H,17,18)/t4?,5-,7-,8-,9-,11+/m1/s1. The first-order valence-electron chi connectivity index (χ1n) is 6.22. The quantitative estimate of drug-likeness (QED) is 0.290. The Bertz CT molecular complexity index is 377. The number of hydrogen-bond acceptors (Lipinski definition) is 8. The van der Waals surface area contributed by atoms with Gasteiger partial charge in [0.05, 0.1) is 6.61 Å². The Hall–Kier alpha value is -1.30. The van der Waals surface area contributed by atoms with Crippen molar-refractivity contribution in [3.05, 3.63) is 0 Å². The van der Waals surface area contributed by atoms with Crippen LogP contribution < -0.4 is 5.32 Å². The van der Waals surface area contributed by atoms with E-state index in [4.69, 9.17) is 24.8 Å². The van der Waals surface area contributed by atoms with Crippen LogP contribution in [0.15, 0.2) is 0 Å². The van der Waals surface area contributed by atoms with Crippen molar-refractivity contribution in [2.75, 3.05) is 13.2 Å². The topological polar surface area (TPSA) is 166 Å². The molecule has 10 nitrogen and oxygen atoms in total. The van der Waals surface area contributed by atoms with Crippen LogP contribution in [0, 0.1) is 0 Å². The molecule has 1 rings (SSSR count). The maximum atomic E-state index is 11.2. The molecule has 1 heterocycles. The third kappa shape index (κ3) is 4.33. The molecule has 1 unspecified atom stereocenters. The first-order chi connectivity index (χ1) is 9.81. The van der Waals surface area contributed by atoms with Crippen molar-refractivity contribution in [3.63, 3.8) is 0 Å². The summed E-state index contributed by atoms with van der Waals surface area (Å²) >= 11 is 0. The van der Waals surface area contributed by atoms with Crippen molar-refractivity contribution in [2.24, 2.45) is 0 Å². The molecule has 1 aliphatic rings. The minimum Gasteiger partial charge on any atom is -0.479 e. The van der Waals surface area contributed by atoms with E-state index in [2.05, 4.69) is 5.32 Å². The molecule has 0 aromatic carbocycles. The maximum Gasteiger partial charge on any atom is 0.332 e. The van der Waals surface area contributed by atoms with Gasteiger partial charge in [0, 0.05) is 0 Å². The molecule has 1 fully saturated rings. The lowest BCUT2D eigenvalue weighted by atomic mass is 9.96. The Balaban J connectivity index is 2.93. The van der Waals surface area contributed by atoms with E-state index in [0.717, 1.165) is 0 Å². The zero-order valence-corrected chi connectivity index (χ0v) is 11.2. The van der Waals surface area contributed by atoms with Crippen molar-refractivity contribution < 1.29 is 44.6 Å². The Morgan fingerprint density at radius 1 is 1.33 bits per heavy atom. The largest absolute Gasteiger partial charge is 0.479 e. The zero-order valence-electron chi connectivity index (χ0n) is 11.2. The van der Waals surface area contributed by atoms with Crippen molar-refractivity contribution in [2.45, 2.75) is 43.7 Å². The summed E-state index contributed by atoms with van der Waals surface area (Å²) in [5.74, 6) is -2.18. The third-order valence-electron chi connectivity index (χ3n) is 3.05. The number of carboxylic acid groups (broad SMARTS) is 1. The molecule has 10 heteroatoms. The van der Waals surface area contributed by atoms with Crippen LogP contribution in [0.3, 0.4) is 0 Å². The number of carbonyl (C=O) groups is 2. The number of carbonyl (C=O) groups excluding carboxylic acids is 1. The van der Waals surface area contributed by atoms with Crippen LogP contribution in [-0.4, -0.2) is 87.4 Å². The SMILES string of the molecule is CC(O[C@H]1[C@H](O)[C@@H](CO)O[C@H](O)[C@@H]1NC(=O)CO)C(=O)O. The molecule has 0 radical (unpaired) electrons. The zero-order chi connectivity index (χ0) is 16.2. The van der Waals surface area contributed by atoms with Crippen molar-refractivity contribution >= 4 is 11.9 Å². The van der Waals surface area contributed by atoms with Crippen molar-refractivity contribution in [1.82, 2.24) is 5.32 Å². The fourth-order valence-electron chi connectivity index (χ4n) is 1.93. The van der Waals surface area contributed by atoms with E-state index in [9.17, 15) is 19.8 Å². The molecule has 0 spiro atoms. The van der Waals surface area contributed by atoms with E-state index in [1.54, 1.807) is 0 Å². The summed E-state index contributed by atoms with van der Waals surface area (Å²) in [5, 5.41) is 48.5. The number of ether oxygens (including phenoxy) is 2. The molecule has 1 aliphatic heterocycles. The van der Waals surface area contributed by atoms with Crippen LogP contribution in [0.4, 0.5) is 0 Å². The molecule has 0 aromatic rings.